The molecule has 2 aliphatic carbocycles. The van der Waals surface area contributed by atoms with Crippen LogP contribution in [0.5, 0.6) is 0 Å². The van der Waals surface area contributed by atoms with Gasteiger partial charge in [-0.15, -0.1) is 0 Å². The second-order valence-corrected chi connectivity index (χ2v) is 7.49. The van der Waals surface area contributed by atoms with Gasteiger partial charge in [0, 0.05) is 24.2 Å². The summed E-state index contributed by atoms with van der Waals surface area (Å²) in [5.41, 5.74) is -0.662. The van der Waals surface area contributed by atoms with Gasteiger partial charge in [-0.3, -0.25) is 15.0 Å². The Morgan fingerprint density at radius 2 is 2.05 bits per heavy atom. The Labute approximate surface area is 128 Å². The van der Waals surface area contributed by atoms with Gasteiger partial charge in [-0.25, -0.2) is 0 Å². The molecule has 3 rings (SSSR count). The quantitative estimate of drug-likeness (QED) is 0.818. The monoisotopic (exact) mass is 294 g/mol. The molecule has 0 aromatic rings. The normalized spacial score (nSPS) is 41.3. The van der Waals surface area contributed by atoms with Gasteiger partial charge in [0.05, 0.1) is 0 Å². The number of carboxylic acids is 1. The van der Waals surface area contributed by atoms with E-state index in [-0.39, 0.29) is 0 Å². The van der Waals surface area contributed by atoms with E-state index in [1.165, 1.54) is 25.7 Å². The Morgan fingerprint density at radius 1 is 1.29 bits per heavy atom. The fourth-order valence-electron chi connectivity index (χ4n) is 4.67. The Morgan fingerprint density at radius 3 is 2.67 bits per heavy atom. The van der Waals surface area contributed by atoms with Crippen molar-refractivity contribution in [2.75, 3.05) is 0 Å². The van der Waals surface area contributed by atoms with Crippen molar-refractivity contribution in [3.8, 4) is 0 Å². The zero-order valence-electron chi connectivity index (χ0n) is 13.5. The van der Waals surface area contributed by atoms with Crippen LogP contribution in [0.3, 0.4) is 0 Å². The maximum atomic E-state index is 12.0. The van der Waals surface area contributed by atoms with Gasteiger partial charge >= 0.3 is 5.97 Å². The van der Waals surface area contributed by atoms with Crippen LogP contribution in [0.15, 0.2) is 0 Å². The predicted octanol–water partition coefficient (Wildman–Crippen LogP) is 2.77. The molecule has 1 saturated heterocycles. The van der Waals surface area contributed by atoms with Gasteiger partial charge < -0.3 is 5.11 Å². The summed E-state index contributed by atoms with van der Waals surface area (Å²) in [5, 5.41) is 13.3. The number of hydrogen-bond acceptors (Lipinski definition) is 3. The number of carbonyl (C=O) groups is 1. The molecule has 0 bridgehead atoms. The van der Waals surface area contributed by atoms with Gasteiger partial charge in [-0.1, -0.05) is 6.92 Å². The molecule has 2 N–H and O–H groups in total. The van der Waals surface area contributed by atoms with E-state index in [0.717, 1.165) is 32.1 Å². The molecule has 2 saturated carbocycles. The van der Waals surface area contributed by atoms with Crippen molar-refractivity contribution in [1.82, 2.24) is 10.2 Å². The number of hydrogen-bond donors (Lipinski definition) is 2. The minimum atomic E-state index is -0.662. The van der Waals surface area contributed by atoms with Crippen molar-refractivity contribution in [2.24, 2.45) is 0 Å². The fraction of sp³-hybridized carbons (Fsp3) is 0.941. The maximum Gasteiger partial charge on any atom is 0.323 e. The summed E-state index contributed by atoms with van der Waals surface area (Å²) in [6.07, 6.45) is 9.84. The number of rotatable bonds is 5. The molecule has 4 nitrogen and oxygen atoms in total. The first kappa shape index (κ1) is 15.3. The molecular formula is C17H30N2O2. The van der Waals surface area contributed by atoms with Crippen LogP contribution in [-0.4, -0.2) is 45.7 Å². The first-order chi connectivity index (χ1) is 10.1. The Hall–Kier alpha value is -0.610. The van der Waals surface area contributed by atoms with E-state index in [1.807, 2.05) is 0 Å². The van der Waals surface area contributed by atoms with E-state index in [9.17, 15) is 9.90 Å². The minimum absolute atomic E-state index is 0.448. The first-order valence-corrected chi connectivity index (χ1v) is 8.84. The molecule has 21 heavy (non-hydrogen) atoms. The second-order valence-electron chi connectivity index (χ2n) is 7.49. The zero-order chi connectivity index (χ0) is 15.0. The van der Waals surface area contributed by atoms with Crippen LogP contribution in [0.1, 0.15) is 71.6 Å². The van der Waals surface area contributed by atoms with Gasteiger partial charge in [0.2, 0.25) is 0 Å². The van der Waals surface area contributed by atoms with Crippen LogP contribution in [0.4, 0.5) is 0 Å². The van der Waals surface area contributed by atoms with Crippen LogP contribution >= 0.6 is 0 Å². The highest BCUT2D eigenvalue weighted by Gasteiger charge is 2.48. The Bertz CT molecular complexity index is 396. The van der Waals surface area contributed by atoms with Crippen LogP contribution in [0.25, 0.3) is 0 Å². The number of carboxylic acid groups (broad SMARTS) is 1. The lowest BCUT2D eigenvalue weighted by molar-refractivity contribution is -0.148. The van der Waals surface area contributed by atoms with E-state index in [0.29, 0.717) is 24.2 Å². The standard InChI is InChI=1S/C17H30N2O2/c1-3-14-9-6-12(2)19(14)15-5-4-10-17(11-15,16(20)21)18-13-7-8-13/h12-15,18H,3-11H2,1-2H3,(H,20,21). The smallest absolute Gasteiger partial charge is 0.323 e. The summed E-state index contributed by atoms with van der Waals surface area (Å²) in [5.74, 6) is -0.626. The third-order valence-electron chi connectivity index (χ3n) is 5.93. The van der Waals surface area contributed by atoms with Crippen molar-refractivity contribution >= 4 is 5.97 Å². The molecule has 1 aliphatic heterocycles. The van der Waals surface area contributed by atoms with Crippen molar-refractivity contribution in [3.05, 3.63) is 0 Å². The Kier molecular flexibility index (Phi) is 4.28. The molecular weight excluding hydrogens is 264 g/mol. The zero-order valence-corrected chi connectivity index (χ0v) is 13.5. The second kappa shape index (κ2) is 5.88. The van der Waals surface area contributed by atoms with E-state index < -0.39 is 11.5 Å². The molecule has 0 spiro atoms. The lowest BCUT2D eigenvalue weighted by Crippen LogP contribution is -2.60. The predicted molar refractivity (Wildman–Crippen MR) is 83.4 cm³/mol. The highest BCUT2D eigenvalue weighted by atomic mass is 16.4. The molecule has 1 heterocycles. The van der Waals surface area contributed by atoms with E-state index in [2.05, 4.69) is 24.1 Å². The van der Waals surface area contributed by atoms with E-state index in [4.69, 9.17) is 0 Å². The topological polar surface area (TPSA) is 52.6 Å². The lowest BCUT2D eigenvalue weighted by Gasteiger charge is -2.45. The number of aliphatic carboxylic acids is 1. The number of likely N-dealkylation sites (tertiary alicyclic amines) is 1. The van der Waals surface area contributed by atoms with Gasteiger partial charge in [0.25, 0.3) is 0 Å². The van der Waals surface area contributed by atoms with Crippen LogP contribution in [0.2, 0.25) is 0 Å². The first-order valence-electron chi connectivity index (χ1n) is 8.84. The average molecular weight is 294 g/mol. The van der Waals surface area contributed by atoms with Gasteiger partial charge in [-0.2, -0.15) is 0 Å². The maximum absolute atomic E-state index is 12.0. The molecule has 3 aliphatic rings. The molecule has 0 aromatic heterocycles. The third-order valence-corrected chi connectivity index (χ3v) is 5.93. The van der Waals surface area contributed by atoms with Gasteiger partial charge in [0.15, 0.2) is 0 Å². The molecule has 4 atom stereocenters. The molecule has 3 fully saturated rings. The molecule has 4 unspecified atom stereocenters. The van der Waals surface area contributed by atoms with Gasteiger partial charge in [0.1, 0.15) is 5.54 Å². The minimum Gasteiger partial charge on any atom is -0.480 e. The van der Waals surface area contributed by atoms with Crippen molar-refractivity contribution in [1.29, 1.82) is 0 Å². The molecule has 0 radical (unpaired) electrons. The third kappa shape index (κ3) is 2.98. The van der Waals surface area contributed by atoms with Crippen LogP contribution in [0, 0.1) is 0 Å². The Balaban J connectivity index is 1.75. The SMILES string of the molecule is CCC1CCC(C)N1C1CCCC(NC2CC2)(C(=O)O)C1. The molecule has 120 valence electrons. The van der Waals surface area contributed by atoms with Crippen LogP contribution < -0.4 is 5.32 Å². The molecule has 0 amide bonds. The summed E-state index contributed by atoms with van der Waals surface area (Å²) in [4.78, 5) is 14.6. The summed E-state index contributed by atoms with van der Waals surface area (Å²) < 4.78 is 0. The van der Waals surface area contributed by atoms with Crippen molar-refractivity contribution < 1.29 is 9.90 Å². The number of nitrogens with zero attached hydrogens (tertiary/aromatic N) is 1. The molecule has 0 aromatic carbocycles. The van der Waals surface area contributed by atoms with Crippen LogP contribution in [-0.2, 0) is 4.79 Å². The van der Waals surface area contributed by atoms with E-state index >= 15 is 0 Å². The van der Waals surface area contributed by atoms with Crippen molar-refractivity contribution in [2.45, 2.75) is 101 Å². The average Bonchev–Trinajstić information content (AvgIpc) is 3.19. The highest BCUT2D eigenvalue weighted by Crippen LogP contribution is 2.39. The largest absolute Gasteiger partial charge is 0.480 e. The number of nitrogens with one attached hydrogen (secondary N) is 1. The summed E-state index contributed by atoms with van der Waals surface area (Å²) >= 11 is 0. The lowest BCUT2D eigenvalue weighted by atomic mass is 9.77. The molecule has 4 heteroatoms. The van der Waals surface area contributed by atoms with Gasteiger partial charge in [-0.05, 0) is 64.7 Å². The summed E-state index contributed by atoms with van der Waals surface area (Å²) in [7, 11) is 0. The highest BCUT2D eigenvalue weighted by molar-refractivity contribution is 5.79. The fourth-order valence-corrected chi connectivity index (χ4v) is 4.67. The van der Waals surface area contributed by atoms with E-state index in [1.54, 1.807) is 0 Å². The summed E-state index contributed by atoms with van der Waals surface area (Å²) in [6, 6.07) is 2.18. The summed E-state index contributed by atoms with van der Waals surface area (Å²) in [6.45, 7) is 4.59. The van der Waals surface area contributed by atoms with Crippen molar-refractivity contribution in [3.63, 3.8) is 0 Å².